The highest BCUT2D eigenvalue weighted by molar-refractivity contribution is 7.89. The van der Waals surface area contributed by atoms with Gasteiger partial charge in [-0.1, -0.05) is 24.3 Å². The number of hydrogen-bond acceptors (Lipinski definition) is 6. The van der Waals surface area contributed by atoms with Crippen LogP contribution in [0.25, 0.3) is 0 Å². The van der Waals surface area contributed by atoms with Crippen LogP contribution in [0.2, 0.25) is 0 Å². The van der Waals surface area contributed by atoms with Crippen molar-refractivity contribution in [3.05, 3.63) is 69.5 Å². The van der Waals surface area contributed by atoms with Gasteiger partial charge in [-0.15, -0.1) is 0 Å². The number of aliphatic carboxylic acids is 1. The van der Waals surface area contributed by atoms with Crippen molar-refractivity contribution in [2.24, 2.45) is 0 Å². The summed E-state index contributed by atoms with van der Waals surface area (Å²) in [4.78, 5) is 23.7. The molecular formula is C21H24FN3O6S. The summed E-state index contributed by atoms with van der Waals surface area (Å²) in [6.45, 7) is 3.48. The summed E-state index contributed by atoms with van der Waals surface area (Å²) in [5.74, 6) is -1.62. The van der Waals surface area contributed by atoms with Gasteiger partial charge in [-0.3, -0.25) is 19.8 Å². The van der Waals surface area contributed by atoms with Gasteiger partial charge in [-0.25, -0.2) is 12.8 Å². The Balaban J connectivity index is 1.81. The monoisotopic (exact) mass is 465 g/mol. The van der Waals surface area contributed by atoms with Crippen molar-refractivity contribution in [2.45, 2.75) is 37.2 Å². The second-order valence-corrected chi connectivity index (χ2v) is 9.70. The molecule has 2 aromatic carbocycles. The van der Waals surface area contributed by atoms with E-state index in [-0.39, 0.29) is 31.6 Å². The van der Waals surface area contributed by atoms with E-state index in [1.54, 1.807) is 30.9 Å². The maximum atomic E-state index is 14.3. The average Bonchev–Trinajstić information content (AvgIpc) is 2.72. The van der Waals surface area contributed by atoms with E-state index in [2.05, 4.69) is 0 Å². The summed E-state index contributed by atoms with van der Waals surface area (Å²) < 4.78 is 41.7. The number of benzene rings is 2. The summed E-state index contributed by atoms with van der Waals surface area (Å²) in [6.07, 6.45) is -0.0644. The maximum absolute atomic E-state index is 14.3. The lowest BCUT2D eigenvalue weighted by Crippen LogP contribution is -2.58. The van der Waals surface area contributed by atoms with Gasteiger partial charge in [0.2, 0.25) is 10.0 Å². The van der Waals surface area contributed by atoms with Crippen LogP contribution in [0.1, 0.15) is 18.1 Å². The fourth-order valence-corrected chi connectivity index (χ4v) is 5.73. The molecule has 1 unspecified atom stereocenters. The minimum Gasteiger partial charge on any atom is -0.480 e. The Hall–Kier alpha value is -2.89. The van der Waals surface area contributed by atoms with Crippen LogP contribution < -0.4 is 0 Å². The summed E-state index contributed by atoms with van der Waals surface area (Å²) in [7, 11) is -4.17. The van der Waals surface area contributed by atoms with E-state index < -0.39 is 49.4 Å². The number of para-hydroxylation sites is 1. The molecule has 9 nitrogen and oxygen atoms in total. The number of halogens is 1. The minimum atomic E-state index is -4.17. The zero-order chi connectivity index (χ0) is 23.6. The predicted octanol–water partition coefficient (Wildman–Crippen LogP) is 2.43. The van der Waals surface area contributed by atoms with E-state index in [4.69, 9.17) is 0 Å². The number of nitro benzene ring substituents is 1. The molecule has 2 aromatic rings. The Bertz CT molecular complexity index is 1140. The van der Waals surface area contributed by atoms with Crippen LogP contribution >= 0.6 is 0 Å². The second kappa shape index (κ2) is 9.31. The SMILES string of the molecule is Cc1ccc(CC(C(=O)O)N2CCN(S(=O)(=O)c3ccccc3[N+](=O)[O-])[C@@H](C)C2)c(F)c1. The Kier molecular flexibility index (Phi) is 6.91. The zero-order valence-corrected chi connectivity index (χ0v) is 18.5. The van der Waals surface area contributed by atoms with Crippen molar-refractivity contribution >= 4 is 21.7 Å². The van der Waals surface area contributed by atoms with E-state index in [0.717, 1.165) is 15.9 Å². The molecule has 1 aliphatic rings. The van der Waals surface area contributed by atoms with Crippen molar-refractivity contribution in [3.63, 3.8) is 0 Å². The van der Waals surface area contributed by atoms with Crippen molar-refractivity contribution in [1.29, 1.82) is 0 Å². The summed E-state index contributed by atoms with van der Waals surface area (Å²) in [5, 5.41) is 21.0. The number of carbonyl (C=O) groups is 1. The molecule has 2 atom stereocenters. The molecule has 1 saturated heterocycles. The third-order valence-electron chi connectivity index (χ3n) is 5.59. The van der Waals surface area contributed by atoms with Crippen LogP contribution in [0, 0.1) is 22.9 Å². The van der Waals surface area contributed by atoms with Gasteiger partial charge in [0, 0.05) is 38.2 Å². The average molecular weight is 466 g/mol. The smallest absolute Gasteiger partial charge is 0.321 e. The first-order valence-electron chi connectivity index (χ1n) is 9.99. The van der Waals surface area contributed by atoms with Crippen LogP contribution in [0.4, 0.5) is 10.1 Å². The van der Waals surface area contributed by atoms with E-state index in [1.165, 1.54) is 24.3 Å². The molecule has 172 valence electrons. The lowest BCUT2D eigenvalue weighted by Gasteiger charge is -2.41. The molecular weight excluding hydrogens is 441 g/mol. The number of nitro groups is 1. The summed E-state index contributed by atoms with van der Waals surface area (Å²) in [5.41, 5.74) is 0.478. The molecule has 0 amide bonds. The maximum Gasteiger partial charge on any atom is 0.321 e. The molecule has 1 heterocycles. The first kappa shape index (κ1) is 23.8. The van der Waals surface area contributed by atoms with Gasteiger partial charge in [-0.05, 0) is 37.1 Å². The molecule has 0 aromatic heterocycles. The normalized spacial score (nSPS) is 18.9. The van der Waals surface area contributed by atoms with Gasteiger partial charge < -0.3 is 5.11 Å². The van der Waals surface area contributed by atoms with Crippen LogP contribution in [0.5, 0.6) is 0 Å². The van der Waals surface area contributed by atoms with Crippen LogP contribution in [0.15, 0.2) is 47.4 Å². The highest BCUT2D eigenvalue weighted by atomic mass is 32.2. The number of carboxylic acid groups (broad SMARTS) is 1. The molecule has 1 fully saturated rings. The van der Waals surface area contributed by atoms with Gasteiger partial charge >= 0.3 is 5.97 Å². The quantitative estimate of drug-likeness (QED) is 0.492. The molecule has 0 spiro atoms. The van der Waals surface area contributed by atoms with Crippen LogP contribution in [0.3, 0.4) is 0 Å². The summed E-state index contributed by atoms with van der Waals surface area (Å²) >= 11 is 0. The number of piperazine rings is 1. The van der Waals surface area contributed by atoms with Gasteiger partial charge in [0.15, 0.2) is 4.90 Å². The molecule has 0 aliphatic carbocycles. The molecule has 0 radical (unpaired) electrons. The Morgan fingerprint density at radius 3 is 2.56 bits per heavy atom. The molecule has 11 heteroatoms. The van der Waals surface area contributed by atoms with E-state index >= 15 is 0 Å². The topological polar surface area (TPSA) is 121 Å². The van der Waals surface area contributed by atoms with Crippen molar-refractivity contribution in [3.8, 4) is 0 Å². The number of aryl methyl sites for hydroxylation is 1. The Labute approximate surface area is 185 Å². The fraction of sp³-hybridized carbons (Fsp3) is 0.381. The van der Waals surface area contributed by atoms with Crippen LogP contribution in [-0.2, 0) is 21.2 Å². The number of carboxylic acids is 1. The molecule has 0 bridgehead atoms. The lowest BCUT2D eigenvalue weighted by molar-refractivity contribution is -0.387. The minimum absolute atomic E-state index is 0.0459. The molecule has 1 aliphatic heterocycles. The van der Waals surface area contributed by atoms with E-state index in [0.29, 0.717) is 0 Å². The predicted molar refractivity (Wildman–Crippen MR) is 114 cm³/mol. The fourth-order valence-electron chi connectivity index (χ4n) is 3.96. The third kappa shape index (κ3) is 4.79. The number of nitrogens with zero attached hydrogens (tertiary/aromatic N) is 3. The van der Waals surface area contributed by atoms with Crippen LogP contribution in [-0.4, -0.2) is 65.3 Å². The molecule has 0 saturated carbocycles. The van der Waals surface area contributed by atoms with E-state index in [1.807, 2.05) is 0 Å². The first-order chi connectivity index (χ1) is 15.0. The van der Waals surface area contributed by atoms with Gasteiger partial charge in [0.25, 0.3) is 5.69 Å². The Morgan fingerprint density at radius 2 is 1.97 bits per heavy atom. The first-order valence-corrected chi connectivity index (χ1v) is 11.4. The Morgan fingerprint density at radius 1 is 1.28 bits per heavy atom. The van der Waals surface area contributed by atoms with Crippen molar-refractivity contribution < 1.29 is 27.6 Å². The van der Waals surface area contributed by atoms with Gasteiger partial charge in [0.1, 0.15) is 11.9 Å². The number of rotatable bonds is 7. The van der Waals surface area contributed by atoms with Gasteiger partial charge in [-0.2, -0.15) is 4.31 Å². The molecule has 3 rings (SSSR count). The lowest BCUT2D eigenvalue weighted by atomic mass is 10.0. The third-order valence-corrected chi connectivity index (χ3v) is 7.66. The van der Waals surface area contributed by atoms with Crippen molar-refractivity contribution in [2.75, 3.05) is 19.6 Å². The summed E-state index contributed by atoms with van der Waals surface area (Å²) in [6, 6.07) is 8.04. The highest BCUT2D eigenvalue weighted by Crippen LogP contribution is 2.29. The van der Waals surface area contributed by atoms with Gasteiger partial charge in [0.05, 0.1) is 4.92 Å². The largest absolute Gasteiger partial charge is 0.480 e. The molecule has 32 heavy (non-hydrogen) atoms. The number of sulfonamides is 1. The number of hydrogen-bond donors (Lipinski definition) is 1. The van der Waals surface area contributed by atoms with E-state index in [9.17, 15) is 32.8 Å². The molecule has 1 N–H and O–H groups in total. The standard InChI is InChI=1S/C21H24FN3O6S/c1-14-7-8-16(17(22)11-14)12-19(21(26)27)23-9-10-24(15(2)13-23)32(30,31)20-6-4-3-5-18(20)25(28)29/h3-8,11,15,19H,9-10,12-13H2,1-2H3,(H,26,27)/t15-,19?/m0/s1. The zero-order valence-electron chi connectivity index (χ0n) is 17.6. The highest BCUT2D eigenvalue weighted by Gasteiger charge is 2.40. The second-order valence-electron chi connectivity index (χ2n) is 7.84. The van der Waals surface area contributed by atoms with Crippen molar-refractivity contribution in [1.82, 2.24) is 9.21 Å².